The number of carbonyl (C=O) groups excluding carboxylic acids is 2. The van der Waals surface area contributed by atoms with Gasteiger partial charge in [-0.15, -0.1) is 0 Å². The van der Waals surface area contributed by atoms with E-state index in [0.717, 1.165) is 9.87 Å². The van der Waals surface area contributed by atoms with Crippen molar-refractivity contribution in [3.8, 4) is 5.75 Å². The van der Waals surface area contributed by atoms with Gasteiger partial charge in [-0.25, -0.2) is 8.42 Å². The lowest BCUT2D eigenvalue weighted by Gasteiger charge is -2.35. The number of hydrogen-bond acceptors (Lipinski definition) is 5. The molecule has 4 rings (SSSR count). The number of rotatable bonds is 12. The molecule has 0 aliphatic heterocycles. The van der Waals surface area contributed by atoms with Gasteiger partial charge >= 0.3 is 0 Å². The summed E-state index contributed by atoms with van der Waals surface area (Å²) in [5.74, 6) is -0.494. The molecular weight excluding hydrogens is 645 g/mol. The van der Waals surface area contributed by atoms with Gasteiger partial charge in [-0.2, -0.15) is 0 Å². The summed E-state index contributed by atoms with van der Waals surface area (Å²) in [6.07, 6.45) is 0.192. The summed E-state index contributed by atoms with van der Waals surface area (Å²) in [5.41, 5.74) is 1.10. The summed E-state index contributed by atoms with van der Waals surface area (Å²) >= 11 is 12.6. The fourth-order valence-corrected chi connectivity index (χ4v) is 6.68. The number of nitrogens with one attached hydrogen (secondary N) is 1. The highest BCUT2D eigenvalue weighted by Gasteiger charge is 2.35. The van der Waals surface area contributed by atoms with Gasteiger partial charge in [-0.05, 0) is 86.5 Å². The van der Waals surface area contributed by atoms with Crippen molar-refractivity contribution in [1.82, 2.24) is 10.2 Å². The maximum atomic E-state index is 14.5. The fraction of sp³-hybridized carbons (Fsp3) is 0.257. The van der Waals surface area contributed by atoms with Crippen LogP contribution in [0.5, 0.6) is 5.75 Å². The van der Waals surface area contributed by atoms with Crippen molar-refractivity contribution in [1.29, 1.82) is 0 Å². The molecule has 1 atom stereocenters. The molecule has 0 aliphatic carbocycles. The zero-order valence-corrected chi connectivity index (χ0v) is 28.4. The number of hydrogen-bond donors (Lipinski definition) is 1. The number of nitrogens with zero attached hydrogens (tertiary/aromatic N) is 2. The molecule has 2 amide bonds. The van der Waals surface area contributed by atoms with Crippen molar-refractivity contribution in [3.05, 3.63) is 124 Å². The Hall–Kier alpha value is -4.05. The standard InChI is InChI=1S/C35H37Cl2N3O5S/c1-35(2,3)38-34(42)32(21-25-10-6-5-7-11-25)39(23-26-12-8-13-27(36)20-26)33(41)24-40(29-15-9-14-28(37)22-29)46(43,44)31-18-16-30(45-4)17-19-31/h5-20,22,32H,21,23-24H2,1-4H3,(H,38,42)/t32-/m1/s1. The van der Waals surface area contributed by atoms with E-state index in [1.54, 1.807) is 42.5 Å². The van der Waals surface area contributed by atoms with Crippen LogP contribution in [0.4, 0.5) is 5.69 Å². The highest BCUT2D eigenvalue weighted by Crippen LogP contribution is 2.28. The van der Waals surface area contributed by atoms with Crippen LogP contribution in [0.2, 0.25) is 10.0 Å². The Labute approximate surface area is 280 Å². The molecule has 0 radical (unpaired) electrons. The molecule has 1 N–H and O–H groups in total. The van der Waals surface area contributed by atoms with Crippen LogP contribution in [0.15, 0.2) is 108 Å². The molecule has 0 bridgehead atoms. The van der Waals surface area contributed by atoms with E-state index in [4.69, 9.17) is 27.9 Å². The Kier molecular flexibility index (Phi) is 11.4. The molecule has 242 valence electrons. The number of anilines is 1. The van der Waals surface area contributed by atoms with Crippen LogP contribution in [-0.2, 0) is 32.6 Å². The Morgan fingerprint density at radius 1 is 0.826 bits per heavy atom. The van der Waals surface area contributed by atoms with Gasteiger partial charge in [0.1, 0.15) is 18.3 Å². The predicted molar refractivity (Wildman–Crippen MR) is 183 cm³/mol. The summed E-state index contributed by atoms with van der Waals surface area (Å²) in [6, 6.07) is 27.5. The van der Waals surface area contributed by atoms with Crippen molar-refractivity contribution < 1.29 is 22.7 Å². The summed E-state index contributed by atoms with van der Waals surface area (Å²) in [7, 11) is -2.80. The molecule has 0 fully saturated rings. The van der Waals surface area contributed by atoms with E-state index in [9.17, 15) is 18.0 Å². The Balaban J connectivity index is 1.82. The molecule has 4 aromatic carbocycles. The first-order valence-electron chi connectivity index (χ1n) is 14.6. The van der Waals surface area contributed by atoms with E-state index in [1.807, 2.05) is 51.1 Å². The van der Waals surface area contributed by atoms with Crippen LogP contribution in [0.3, 0.4) is 0 Å². The molecule has 4 aromatic rings. The zero-order valence-electron chi connectivity index (χ0n) is 26.1. The van der Waals surface area contributed by atoms with E-state index in [2.05, 4.69) is 5.32 Å². The number of amides is 2. The molecule has 11 heteroatoms. The van der Waals surface area contributed by atoms with E-state index >= 15 is 0 Å². The maximum Gasteiger partial charge on any atom is 0.264 e. The Morgan fingerprint density at radius 2 is 1.43 bits per heavy atom. The van der Waals surface area contributed by atoms with Gasteiger partial charge in [0.05, 0.1) is 17.7 Å². The second-order valence-electron chi connectivity index (χ2n) is 11.8. The van der Waals surface area contributed by atoms with E-state index in [1.165, 1.54) is 42.3 Å². The minimum absolute atomic E-state index is 0.000422. The molecule has 0 spiro atoms. The first kappa shape index (κ1) is 34.8. The van der Waals surface area contributed by atoms with Crippen molar-refractivity contribution in [3.63, 3.8) is 0 Å². The second-order valence-corrected chi connectivity index (χ2v) is 14.5. The van der Waals surface area contributed by atoms with Gasteiger partial charge in [0, 0.05) is 28.5 Å². The Morgan fingerprint density at radius 3 is 2.02 bits per heavy atom. The molecule has 8 nitrogen and oxygen atoms in total. The third-order valence-electron chi connectivity index (χ3n) is 7.03. The van der Waals surface area contributed by atoms with Crippen LogP contribution in [0.1, 0.15) is 31.9 Å². The third kappa shape index (κ3) is 9.25. The van der Waals surface area contributed by atoms with Crippen molar-refractivity contribution in [2.24, 2.45) is 0 Å². The normalized spacial score (nSPS) is 12.2. The van der Waals surface area contributed by atoms with Gasteiger partial charge in [0.25, 0.3) is 10.0 Å². The number of sulfonamides is 1. The monoisotopic (exact) mass is 681 g/mol. The lowest BCUT2D eigenvalue weighted by Crippen LogP contribution is -2.56. The summed E-state index contributed by atoms with van der Waals surface area (Å²) in [6.45, 7) is 4.96. The van der Waals surface area contributed by atoms with E-state index < -0.39 is 34.1 Å². The fourth-order valence-electron chi connectivity index (χ4n) is 4.87. The molecular formula is C35H37Cl2N3O5S. The maximum absolute atomic E-state index is 14.5. The number of halogens is 2. The van der Waals surface area contributed by atoms with Crippen molar-refractivity contribution in [2.75, 3.05) is 18.0 Å². The zero-order chi connectivity index (χ0) is 33.5. The summed E-state index contributed by atoms with van der Waals surface area (Å²) < 4.78 is 34.5. The topological polar surface area (TPSA) is 96.0 Å². The van der Waals surface area contributed by atoms with Gasteiger partial charge < -0.3 is 15.0 Å². The van der Waals surface area contributed by atoms with Gasteiger partial charge in [0.2, 0.25) is 11.8 Å². The van der Waals surface area contributed by atoms with Crippen molar-refractivity contribution in [2.45, 2.75) is 50.2 Å². The largest absolute Gasteiger partial charge is 0.497 e. The molecule has 0 aromatic heterocycles. The molecule has 0 aliphatic rings. The van der Waals surface area contributed by atoms with Gasteiger partial charge in [0.15, 0.2) is 0 Å². The van der Waals surface area contributed by atoms with E-state index in [-0.39, 0.29) is 29.5 Å². The average molecular weight is 683 g/mol. The molecule has 0 saturated carbocycles. The summed E-state index contributed by atoms with van der Waals surface area (Å²) in [4.78, 5) is 29.9. The molecule has 0 heterocycles. The minimum Gasteiger partial charge on any atom is -0.497 e. The third-order valence-corrected chi connectivity index (χ3v) is 9.29. The first-order chi connectivity index (χ1) is 21.8. The lowest BCUT2D eigenvalue weighted by molar-refractivity contribution is -0.140. The number of carbonyl (C=O) groups is 2. The number of benzene rings is 4. The van der Waals surface area contributed by atoms with Gasteiger partial charge in [-0.1, -0.05) is 71.7 Å². The van der Waals surface area contributed by atoms with Crippen LogP contribution < -0.4 is 14.4 Å². The number of methoxy groups -OCH3 is 1. The van der Waals surface area contributed by atoms with E-state index in [0.29, 0.717) is 21.4 Å². The van der Waals surface area contributed by atoms with Crippen molar-refractivity contribution >= 4 is 50.7 Å². The smallest absolute Gasteiger partial charge is 0.264 e. The quantitative estimate of drug-likeness (QED) is 0.178. The average Bonchev–Trinajstić information content (AvgIpc) is 3.01. The van der Waals surface area contributed by atoms with Crippen LogP contribution in [-0.4, -0.2) is 50.4 Å². The molecule has 0 unspecified atom stereocenters. The van der Waals surface area contributed by atoms with Crippen LogP contribution >= 0.6 is 23.2 Å². The highest BCUT2D eigenvalue weighted by molar-refractivity contribution is 7.92. The van der Waals surface area contributed by atoms with Crippen LogP contribution in [0.25, 0.3) is 0 Å². The predicted octanol–water partition coefficient (Wildman–Crippen LogP) is 6.75. The Bertz CT molecular complexity index is 1760. The molecule has 46 heavy (non-hydrogen) atoms. The SMILES string of the molecule is COc1ccc(S(=O)(=O)N(CC(=O)N(Cc2cccc(Cl)c2)[C@H](Cc2ccccc2)C(=O)NC(C)(C)C)c2cccc(Cl)c2)cc1. The summed E-state index contributed by atoms with van der Waals surface area (Å²) in [5, 5.41) is 3.77. The first-order valence-corrected chi connectivity index (χ1v) is 16.8. The minimum atomic E-state index is -4.29. The molecule has 0 saturated heterocycles. The number of ether oxygens (including phenoxy) is 1. The van der Waals surface area contributed by atoms with Gasteiger partial charge in [-0.3, -0.25) is 13.9 Å². The second kappa shape index (κ2) is 15.0. The lowest BCUT2D eigenvalue weighted by atomic mass is 10.0. The highest BCUT2D eigenvalue weighted by atomic mass is 35.5. The van der Waals surface area contributed by atoms with Crippen LogP contribution in [0, 0.1) is 0 Å².